The molecule has 1 aromatic carbocycles. The Morgan fingerprint density at radius 2 is 1.95 bits per heavy atom. The van der Waals surface area contributed by atoms with Crippen LogP contribution in [0.5, 0.6) is 0 Å². The van der Waals surface area contributed by atoms with E-state index in [1.54, 1.807) is 6.92 Å². The van der Waals surface area contributed by atoms with E-state index in [0.29, 0.717) is 12.0 Å². The molecular weight excluding hydrogens is 295 g/mol. The Balaban J connectivity index is 3.10. The first-order valence-electron chi connectivity index (χ1n) is 5.89. The summed E-state index contributed by atoms with van der Waals surface area (Å²) < 4.78 is 61.1. The molecule has 1 aromatic rings. The van der Waals surface area contributed by atoms with E-state index in [9.17, 15) is 26.7 Å². The van der Waals surface area contributed by atoms with Gasteiger partial charge >= 0.3 is 6.18 Å². The van der Waals surface area contributed by atoms with Crippen molar-refractivity contribution < 1.29 is 26.7 Å². The number of sulfonamides is 1. The summed E-state index contributed by atoms with van der Waals surface area (Å²) in [4.78, 5) is -0.269. The van der Waals surface area contributed by atoms with E-state index >= 15 is 0 Å². The van der Waals surface area contributed by atoms with Gasteiger partial charge in [-0.2, -0.15) is 17.5 Å². The van der Waals surface area contributed by atoms with Crippen molar-refractivity contribution in [1.82, 2.24) is 4.31 Å². The van der Waals surface area contributed by atoms with Crippen molar-refractivity contribution in [2.45, 2.75) is 30.5 Å². The van der Waals surface area contributed by atoms with E-state index in [0.717, 1.165) is 7.05 Å². The van der Waals surface area contributed by atoms with E-state index < -0.39 is 28.8 Å². The number of halogens is 3. The number of hydrogen-bond donors (Lipinski definition) is 1. The fourth-order valence-electron chi connectivity index (χ4n) is 1.64. The van der Waals surface area contributed by atoms with Crippen LogP contribution in [0.4, 0.5) is 13.2 Å². The third kappa shape index (κ3) is 4.19. The molecule has 1 rings (SSSR count). The minimum absolute atomic E-state index is 0.241. The Kier molecular flexibility index (Phi) is 5.17. The monoisotopic (exact) mass is 311 g/mol. The topological polar surface area (TPSA) is 57.6 Å². The molecule has 0 bridgehead atoms. The molecule has 0 heterocycles. The van der Waals surface area contributed by atoms with Crippen molar-refractivity contribution in [2.75, 3.05) is 13.6 Å². The first-order chi connectivity index (χ1) is 9.08. The van der Waals surface area contributed by atoms with Gasteiger partial charge in [-0.3, -0.25) is 0 Å². The first kappa shape index (κ1) is 16.9. The molecule has 0 aliphatic heterocycles. The molecule has 0 saturated carbocycles. The smallest absolute Gasteiger partial charge is 0.388 e. The van der Waals surface area contributed by atoms with Crippen LogP contribution >= 0.6 is 0 Å². The zero-order valence-electron chi connectivity index (χ0n) is 11.1. The van der Waals surface area contributed by atoms with Gasteiger partial charge in [0.15, 0.2) is 0 Å². The van der Waals surface area contributed by atoms with Crippen LogP contribution in [0.25, 0.3) is 0 Å². The highest BCUT2D eigenvalue weighted by atomic mass is 32.2. The molecule has 8 heteroatoms. The molecule has 1 N–H and O–H groups in total. The normalized spacial score (nSPS) is 14.6. The van der Waals surface area contributed by atoms with Crippen molar-refractivity contribution in [3.8, 4) is 0 Å². The Morgan fingerprint density at radius 1 is 1.35 bits per heavy atom. The molecule has 0 aromatic heterocycles. The summed E-state index contributed by atoms with van der Waals surface area (Å²) in [5.74, 6) is 0. The second-order valence-corrected chi connectivity index (χ2v) is 6.42. The Bertz CT molecular complexity index is 557. The maximum atomic E-state index is 12.3. The number of benzene rings is 1. The number of rotatable bonds is 5. The average molecular weight is 311 g/mol. The Hall–Kier alpha value is -1.12. The highest BCUT2D eigenvalue weighted by Gasteiger charge is 2.34. The van der Waals surface area contributed by atoms with Gasteiger partial charge in [0.25, 0.3) is 0 Å². The van der Waals surface area contributed by atoms with Gasteiger partial charge in [-0.15, -0.1) is 0 Å². The summed E-state index contributed by atoms with van der Waals surface area (Å²) in [5, 5.41) is 9.66. The lowest BCUT2D eigenvalue weighted by atomic mass is 10.1. The van der Waals surface area contributed by atoms with Gasteiger partial charge in [-0.1, -0.05) is 19.1 Å². The zero-order chi connectivity index (χ0) is 15.6. The Morgan fingerprint density at radius 3 is 2.45 bits per heavy atom. The molecule has 0 saturated heterocycles. The molecule has 0 fully saturated rings. The van der Waals surface area contributed by atoms with Crippen molar-refractivity contribution in [3.05, 3.63) is 29.8 Å². The second kappa shape index (κ2) is 6.11. The highest BCUT2D eigenvalue weighted by molar-refractivity contribution is 7.89. The summed E-state index contributed by atoms with van der Waals surface area (Å²) >= 11 is 0. The van der Waals surface area contributed by atoms with Crippen LogP contribution in [-0.4, -0.2) is 37.6 Å². The molecular formula is C12H16F3NO3S. The quantitative estimate of drug-likeness (QED) is 0.908. The van der Waals surface area contributed by atoms with Crippen LogP contribution in [0.15, 0.2) is 29.2 Å². The third-order valence-electron chi connectivity index (χ3n) is 2.74. The summed E-state index contributed by atoms with van der Waals surface area (Å²) in [5.41, 5.74) is 0.356. The minimum atomic E-state index is -4.61. The summed E-state index contributed by atoms with van der Waals surface area (Å²) in [7, 11) is -3.37. The zero-order valence-corrected chi connectivity index (χ0v) is 11.9. The number of aliphatic hydroxyl groups excluding tert-OH is 1. The molecule has 0 spiro atoms. The van der Waals surface area contributed by atoms with Gasteiger partial charge in [0.2, 0.25) is 10.0 Å². The molecule has 4 nitrogen and oxygen atoms in total. The lowest BCUT2D eigenvalue weighted by Crippen LogP contribution is -2.35. The number of alkyl halides is 3. The molecule has 114 valence electrons. The van der Waals surface area contributed by atoms with Crippen LogP contribution in [-0.2, 0) is 10.0 Å². The fourth-order valence-corrected chi connectivity index (χ4v) is 2.85. The first-order valence-corrected chi connectivity index (χ1v) is 7.33. The van der Waals surface area contributed by atoms with Crippen LogP contribution in [0.1, 0.15) is 25.0 Å². The van der Waals surface area contributed by atoms with E-state index in [1.807, 2.05) is 0 Å². The molecule has 1 atom stereocenters. The number of nitrogens with zero attached hydrogens (tertiary/aromatic N) is 1. The Labute approximate surface area is 115 Å². The summed E-state index contributed by atoms with van der Waals surface area (Å²) in [6.07, 6.45) is -5.08. The number of hydrogen-bond acceptors (Lipinski definition) is 3. The molecule has 0 radical (unpaired) electrons. The van der Waals surface area contributed by atoms with Gasteiger partial charge in [0.05, 0.1) is 11.0 Å². The van der Waals surface area contributed by atoms with Gasteiger partial charge in [0.1, 0.15) is 6.54 Å². The second-order valence-electron chi connectivity index (χ2n) is 4.37. The largest absolute Gasteiger partial charge is 0.402 e. The van der Waals surface area contributed by atoms with Gasteiger partial charge in [0, 0.05) is 7.05 Å². The lowest BCUT2D eigenvalue weighted by molar-refractivity contribution is -0.134. The summed E-state index contributed by atoms with van der Waals surface area (Å²) in [6.45, 7) is 0.150. The van der Waals surface area contributed by atoms with E-state index in [1.165, 1.54) is 24.3 Å². The molecule has 0 amide bonds. The van der Waals surface area contributed by atoms with Gasteiger partial charge < -0.3 is 5.11 Å². The van der Waals surface area contributed by atoms with Crippen LogP contribution in [0.2, 0.25) is 0 Å². The minimum Gasteiger partial charge on any atom is -0.388 e. The van der Waals surface area contributed by atoms with Crippen molar-refractivity contribution in [1.29, 1.82) is 0 Å². The van der Waals surface area contributed by atoms with Gasteiger partial charge in [-0.25, -0.2) is 8.42 Å². The highest BCUT2D eigenvalue weighted by Crippen LogP contribution is 2.24. The lowest BCUT2D eigenvalue weighted by Gasteiger charge is -2.19. The maximum Gasteiger partial charge on any atom is 0.402 e. The molecule has 0 aliphatic rings. The standard InChI is InChI=1S/C12H16F3NO3S/c1-3-11(17)9-5-4-6-10(7-9)20(18,19)16(2)8-12(13,14)15/h4-7,11,17H,3,8H2,1-2H3. The maximum absolute atomic E-state index is 12.3. The molecule has 0 aliphatic carbocycles. The molecule has 20 heavy (non-hydrogen) atoms. The van der Waals surface area contributed by atoms with E-state index in [-0.39, 0.29) is 9.20 Å². The van der Waals surface area contributed by atoms with Crippen LogP contribution in [0, 0.1) is 0 Å². The van der Waals surface area contributed by atoms with E-state index in [2.05, 4.69) is 0 Å². The predicted molar refractivity (Wildman–Crippen MR) is 67.6 cm³/mol. The van der Waals surface area contributed by atoms with Crippen molar-refractivity contribution in [2.24, 2.45) is 0 Å². The van der Waals surface area contributed by atoms with Crippen LogP contribution < -0.4 is 0 Å². The third-order valence-corrected chi connectivity index (χ3v) is 4.54. The SMILES string of the molecule is CCC(O)c1cccc(S(=O)(=O)N(C)CC(F)(F)F)c1. The van der Waals surface area contributed by atoms with Crippen molar-refractivity contribution >= 4 is 10.0 Å². The fraction of sp³-hybridized carbons (Fsp3) is 0.500. The predicted octanol–water partition coefficient (Wildman–Crippen LogP) is 2.31. The molecule has 1 unspecified atom stereocenters. The van der Waals surface area contributed by atoms with E-state index in [4.69, 9.17) is 0 Å². The summed E-state index contributed by atoms with van der Waals surface area (Å²) in [6, 6.07) is 5.31. The van der Waals surface area contributed by atoms with Crippen molar-refractivity contribution in [3.63, 3.8) is 0 Å². The van der Waals surface area contributed by atoms with Gasteiger partial charge in [-0.05, 0) is 24.1 Å². The van der Waals surface area contributed by atoms with Crippen LogP contribution in [0.3, 0.4) is 0 Å². The average Bonchev–Trinajstić information content (AvgIpc) is 2.36. The number of aliphatic hydroxyl groups is 1.